The third kappa shape index (κ3) is 3.62. The molecule has 118 valence electrons. The van der Waals surface area contributed by atoms with Crippen LogP contribution in [0.25, 0.3) is 0 Å². The lowest BCUT2D eigenvalue weighted by atomic mass is 10.1. The smallest absolute Gasteiger partial charge is 0.341 e. The molecule has 0 aromatic heterocycles. The van der Waals surface area contributed by atoms with Crippen LogP contribution in [0.5, 0.6) is 5.75 Å². The SMILES string of the molecule is COC(=O)c1ccc(C(=O)Nc2ccc([N+](=O)[O-])cc2)cc1O. The van der Waals surface area contributed by atoms with Gasteiger partial charge in [-0.2, -0.15) is 0 Å². The number of nitrogens with zero attached hydrogens (tertiary/aromatic N) is 1. The van der Waals surface area contributed by atoms with E-state index >= 15 is 0 Å². The normalized spacial score (nSPS) is 9.96. The number of nitro groups is 1. The molecule has 2 rings (SSSR count). The molecule has 0 saturated heterocycles. The predicted molar refractivity (Wildman–Crippen MR) is 80.5 cm³/mol. The number of benzene rings is 2. The van der Waals surface area contributed by atoms with Crippen molar-refractivity contribution in [3.05, 3.63) is 63.7 Å². The minimum absolute atomic E-state index is 0.0561. The summed E-state index contributed by atoms with van der Waals surface area (Å²) in [5, 5.41) is 22.8. The monoisotopic (exact) mass is 316 g/mol. The number of anilines is 1. The topological polar surface area (TPSA) is 119 Å². The van der Waals surface area contributed by atoms with E-state index in [2.05, 4.69) is 10.1 Å². The lowest BCUT2D eigenvalue weighted by Gasteiger charge is -2.07. The molecule has 8 heteroatoms. The number of rotatable bonds is 4. The van der Waals surface area contributed by atoms with Crippen LogP contribution in [-0.2, 0) is 4.74 Å². The Morgan fingerprint density at radius 1 is 1.17 bits per heavy atom. The summed E-state index contributed by atoms with van der Waals surface area (Å²) in [6.45, 7) is 0. The summed E-state index contributed by atoms with van der Waals surface area (Å²) in [4.78, 5) is 33.4. The molecule has 2 aromatic rings. The second kappa shape index (κ2) is 6.56. The fourth-order valence-electron chi connectivity index (χ4n) is 1.83. The van der Waals surface area contributed by atoms with Gasteiger partial charge in [0.15, 0.2) is 0 Å². The number of nitro benzene ring substituents is 1. The lowest BCUT2D eigenvalue weighted by molar-refractivity contribution is -0.384. The van der Waals surface area contributed by atoms with Gasteiger partial charge in [0, 0.05) is 23.4 Å². The van der Waals surface area contributed by atoms with Crippen LogP contribution in [0.3, 0.4) is 0 Å². The first-order chi connectivity index (χ1) is 10.9. The highest BCUT2D eigenvalue weighted by atomic mass is 16.6. The summed E-state index contributed by atoms with van der Waals surface area (Å²) >= 11 is 0. The molecule has 2 aromatic carbocycles. The van der Waals surface area contributed by atoms with Crippen molar-refractivity contribution in [1.82, 2.24) is 0 Å². The number of aromatic hydroxyl groups is 1. The van der Waals surface area contributed by atoms with E-state index in [1.165, 1.54) is 43.5 Å². The Morgan fingerprint density at radius 2 is 1.83 bits per heavy atom. The molecule has 0 saturated carbocycles. The molecule has 23 heavy (non-hydrogen) atoms. The maximum absolute atomic E-state index is 12.1. The molecule has 0 aliphatic carbocycles. The van der Waals surface area contributed by atoms with Crippen molar-refractivity contribution < 1.29 is 24.4 Å². The molecular weight excluding hydrogens is 304 g/mol. The number of amides is 1. The van der Waals surface area contributed by atoms with Crippen molar-refractivity contribution in [2.24, 2.45) is 0 Å². The Morgan fingerprint density at radius 3 is 2.35 bits per heavy atom. The number of carbonyl (C=O) groups is 2. The zero-order chi connectivity index (χ0) is 17.0. The van der Waals surface area contributed by atoms with Crippen LogP contribution in [0.1, 0.15) is 20.7 Å². The number of phenolic OH excluding ortho intramolecular Hbond substituents is 1. The number of nitrogens with one attached hydrogen (secondary N) is 1. The fourth-order valence-corrected chi connectivity index (χ4v) is 1.83. The van der Waals surface area contributed by atoms with Gasteiger partial charge in [0.25, 0.3) is 11.6 Å². The second-order valence-corrected chi connectivity index (χ2v) is 4.48. The number of esters is 1. The number of methoxy groups -OCH3 is 1. The van der Waals surface area contributed by atoms with Crippen LogP contribution < -0.4 is 5.32 Å². The molecule has 0 bridgehead atoms. The van der Waals surface area contributed by atoms with E-state index in [0.717, 1.165) is 6.07 Å². The molecule has 8 nitrogen and oxygen atoms in total. The third-order valence-corrected chi connectivity index (χ3v) is 3.00. The third-order valence-electron chi connectivity index (χ3n) is 3.00. The minimum atomic E-state index is -0.718. The van der Waals surface area contributed by atoms with Crippen LogP contribution in [0.4, 0.5) is 11.4 Å². The summed E-state index contributed by atoms with van der Waals surface area (Å²) in [7, 11) is 1.18. The minimum Gasteiger partial charge on any atom is -0.507 e. The number of hydrogen-bond donors (Lipinski definition) is 2. The number of ether oxygens (including phenoxy) is 1. The van der Waals surface area contributed by atoms with Crippen molar-refractivity contribution >= 4 is 23.3 Å². The lowest BCUT2D eigenvalue weighted by Crippen LogP contribution is -2.12. The average Bonchev–Trinajstić information content (AvgIpc) is 2.54. The first-order valence-corrected chi connectivity index (χ1v) is 6.39. The zero-order valence-corrected chi connectivity index (χ0v) is 12.0. The van der Waals surface area contributed by atoms with Crippen LogP contribution in [-0.4, -0.2) is 29.0 Å². The maximum Gasteiger partial charge on any atom is 0.341 e. The highest BCUT2D eigenvalue weighted by Crippen LogP contribution is 2.21. The summed E-state index contributed by atoms with van der Waals surface area (Å²) in [6, 6.07) is 9.05. The Bertz CT molecular complexity index is 770. The number of hydrogen-bond acceptors (Lipinski definition) is 6. The van der Waals surface area contributed by atoms with Gasteiger partial charge in [0.05, 0.1) is 12.0 Å². The first kappa shape index (κ1) is 16.0. The first-order valence-electron chi connectivity index (χ1n) is 6.39. The second-order valence-electron chi connectivity index (χ2n) is 4.48. The highest BCUT2D eigenvalue weighted by molar-refractivity contribution is 6.05. The van der Waals surface area contributed by atoms with E-state index in [1.54, 1.807) is 0 Å². The number of phenols is 1. The van der Waals surface area contributed by atoms with Gasteiger partial charge in [-0.25, -0.2) is 4.79 Å². The number of non-ortho nitro benzene ring substituents is 1. The van der Waals surface area contributed by atoms with Crippen LogP contribution in [0.15, 0.2) is 42.5 Å². The van der Waals surface area contributed by atoms with Gasteiger partial charge in [-0.05, 0) is 30.3 Å². The molecule has 0 aliphatic rings. The van der Waals surface area contributed by atoms with Crippen LogP contribution >= 0.6 is 0 Å². The largest absolute Gasteiger partial charge is 0.507 e. The molecule has 0 aliphatic heterocycles. The van der Waals surface area contributed by atoms with E-state index in [4.69, 9.17) is 0 Å². The van der Waals surface area contributed by atoms with Gasteiger partial charge in [0.1, 0.15) is 11.3 Å². The van der Waals surface area contributed by atoms with Gasteiger partial charge in [-0.15, -0.1) is 0 Å². The molecule has 0 atom stereocenters. The predicted octanol–water partition coefficient (Wildman–Crippen LogP) is 2.34. The molecular formula is C15H12N2O6. The van der Waals surface area contributed by atoms with Gasteiger partial charge < -0.3 is 15.2 Å². The van der Waals surface area contributed by atoms with Crippen molar-refractivity contribution in [2.75, 3.05) is 12.4 Å². The van der Waals surface area contributed by atoms with Crippen LogP contribution in [0.2, 0.25) is 0 Å². The van der Waals surface area contributed by atoms with Crippen molar-refractivity contribution in [3.8, 4) is 5.75 Å². The highest BCUT2D eigenvalue weighted by Gasteiger charge is 2.15. The summed E-state index contributed by atoms with van der Waals surface area (Å²) in [6.07, 6.45) is 0. The van der Waals surface area contributed by atoms with E-state index < -0.39 is 16.8 Å². The average molecular weight is 316 g/mol. The number of carbonyl (C=O) groups excluding carboxylic acids is 2. The van der Waals surface area contributed by atoms with E-state index in [0.29, 0.717) is 5.69 Å². The molecule has 0 radical (unpaired) electrons. The van der Waals surface area contributed by atoms with E-state index in [1.807, 2.05) is 0 Å². The maximum atomic E-state index is 12.1. The molecule has 0 spiro atoms. The Kier molecular flexibility index (Phi) is 4.55. The van der Waals surface area contributed by atoms with Crippen LogP contribution in [0, 0.1) is 10.1 Å². The van der Waals surface area contributed by atoms with Gasteiger partial charge >= 0.3 is 5.97 Å². The van der Waals surface area contributed by atoms with Crippen molar-refractivity contribution in [2.45, 2.75) is 0 Å². The molecule has 2 N–H and O–H groups in total. The quantitative estimate of drug-likeness (QED) is 0.507. The van der Waals surface area contributed by atoms with Crippen molar-refractivity contribution in [1.29, 1.82) is 0 Å². The summed E-state index contributed by atoms with van der Waals surface area (Å²) < 4.78 is 4.49. The molecule has 1 amide bonds. The fraction of sp³-hybridized carbons (Fsp3) is 0.0667. The van der Waals surface area contributed by atoms with Gasteiger partial charge in [-0.1, -0.05) is 0 Å². The van der Waals surface area contributed by atoms with E-state index in [-0.39, 0.29) is 22.6 Å². The molecule has 0 unspecified atom stereocenters. The molecule has 0 fully saturated rings. The summed E-state index contributed by atoms with van der Waals surface area (Å²) in [5.74, 6) is -1.64. The van der Waals surface area contributed by atoms with Gasteiger partial charge in [0.2, 0.25) is 0 Å². The van der Waals surface area contributed by atoms with Crippen molar-refractivity contribution in [3.63, 3.8) is 0 Å². The Balaban J connectivity index is 2.16. The molecule has 0 heterocycles. The standard InChI is InChI=1S/C15H12N2O6/c1-23-15(20)12-7-2-9(8-13(12)18)14(19)16-10-3-5-11(6-4-10)17(21)22/h2-8,18H,1H3,(H,16,19). The Labute approximate surface area is 130 Å². The van der Waals surface area contributed by atoms with E-state index in [9.17, 15) is 24.8 Å². The Hall–Kier alpha value is -3.42. The summed E-state index contributed by atoms with van der Waals surface area (Å²) in [5.41, 5.74) is 0.327. The zero-order valence-electron chi connectivity index (χ0n) is 12.0. The van der Waals surface area contributed by atoms with Gasteiger partial charge in [-0.3, -0.25) is 14.9 Å².